The van der Waals surface area contributed by atoms with Crippen LogP contribution in [-0.2, 0) is 0 Å². The highest BCUT2D eigenvalue weighted by atomic mass is 35.5. The molecule has 3 aromatic heterocycles. The summed E-state index contributed by atoms with van der Waals surface area (Å²) in [4.78, 5) is 12.6. The number of rotatable bonds is 3. The maximum atomic E-state index is 9.06. The number of fused-ring (bicyclic) bond motifs is 1. The molecular weight excluding hydrogens is 385 g/mol. The first-order valence-corrected chi connectivity index (χ1v) is 8.60. The van der Waals surface area contributed by atoms with E-state index in [9.17, 15) is 0 Å². The van der Waals surface area contributed by atoms with Crippen molar-refractivity contribution in [3.63, 3.8) is 0 Å². The number of hydrogen-bond donors (Lipinski definition) is 1. The molecule has 0 bridgehead atoms. The molecule has 3 heterocycles. The lowest BCUT2D eigenvalue weighted by Gasteiger charge is -2.10. The van der Waals surface area contributed by atoms with Gasteiger partial charge < -0.3 is 5.32 Å². The van der Waals surface area contributed by atoms with Gasteiger partial charge in [0.05, 0.1) is 33.4 Å². The molecule has 4 rings (SSSR count). The van der Waals surface area contributed by atoms with Crippen molar-refractivity contribution >= 4 is 45.7 Å². The number of anilines is 2. The van der Waals surface area contributed by atoms with Crippen molar-refractivity contribution in [3.8, 4) is 11.8 Å². The second kappa shape index (κ2) is 6.83. The van der Waals surface area contributed by atoms with Gasteiger partial charge in [0.1, 0.15) is 23.7 Å². The fourth-order valence-corrected chi connectivity index (χ4v) is 3.30. The van der Waals surface area contributed by atoms with E-state index in [0.717, 1.165) is 16.6 Å². The van der Waals surface area contributed by atoms with Gasteiger partial charge >= 0.3 is 0 Å². The monoisotopic (exact) mass is 395 g/mol. The van der Waals surface area contributed by atoms with E-state index in [-0.39, 0.29) is 0 Å². The molecule has 7 nitrogen and oxygen atoms in total. The molecule has 1 N–H and O–H groups in total. The van der Waals surface area contributed by atoms with Gasteiger partial charge in [-0.2, -0.15) is 10.4 Å². The summed E-state index contributed by atoms with van der Waals surface area (Å²) in [6, 6.07) is 8.78. The third kappa shape index (κ3) is 3.28. The second-order valence-corrected chi connectivity index (χ2v) is 6.57. The molecule has 4 aromatic rings. The van der Waals surface area contributed by atoms with E-state index in [4.69, 9.17) is 28.5 Å². The number of halogens is 2. The fraction of sp³-hybridized carbons (Fsp3) is 0.0556. The van der Waals surface area contributed by atoms with Crippen LogP contribution in [-0.4, -0.2) is 24.7 Å². The Balaban J connectivity index is 1.81. The van der Waals surface area contributed by atoms with Crippen LogP contribution in [0, 0.1) is 18.3 Å². The number of aryl methyl sites for hydroxylation is 1. The summed E-state index contributed by atoms with van der Waals surface area (Å²) in [5.41, 5.74) is 2.48. The zero-order valence-corrected chi connectivity index (χ0v) is 15.5. The van der Waals surface area contributed by atoms with Crippen LogP contribution in [0.5, 0.6) is 0 Å². The zero-order valence-electron chi connectivity index (χ0n) is 14.0. The molecule has 132 valence electrons. The van der Waals surface area contributed by atoms with Crippen LogP contribution in [0.2, 0.25) is 10.0 Å². The molecule has 0 saturated carbocycles. The minimum atomic E-state index is 0.335. The van der Waals surface area contributed by atoms with Crippen LogP contribution >= 0.6 is 23.2 Å². The van der Waals surface area contributed by atoms with E-state index in [1.54, 1.807) is 29.2 Å². The Morgan fingerprint density at radius 2 is 1.74 bits per heavy atom. The molecule has 9 heteroatoms. The number of aromatic nitrogens is 5. The Morgan fingerprint density at radius 1 is 1.00 bits per heavy atom. The Labute approximate surface area is 164 Å². The average Bonchev–Trinajstić information content (AvgIpc) is 3.04. The summed E-state index contributed by atoms with van der Waals surface area (Å²) in [6.45, 7) is 1.88. The van der Waals surface area contributed by atoms with Gasteiger partial charge in [0.2, 0.25) is 0 Å². The summed E-state index contributed by atoms with van der Waals surface area (Å²) >= 11 is 12.7. The minimum Gasteiger partial charge on any atom is -0.325 e. The van der Waals surface area contributed by atoms with Crippen molar-refractivity contribution in [2.75, 3.05) is 5.32 Å². The lowest BCUT2D eigenvalue weighted by Crippen LogP contribution is -2.01. The van der Waals surface area contributed by atoms with E-state index in [2.05, 4.69) is 25.4 Å². The fourth-order valence-electron chi connectivity index (χ4n) is 2.65. The Kier molecular flexibility index (Phi) is 4.36. The lowest BCUT2D eigenvalue weighted by atomic mass is 10.2. The Morgan fingerprint density at radius 3 is 2.44 bits per heavy atom. The molecule has 0 aliphatic carbocycles. The van der Waals surface area contributed by atoms with Gasteiger partial charge in [0.25, 0.3) is 0 Å². The van der Waals surface area contributed by atoms with Crippen LogP contribution in [0.15, 0.2) is 43.0 Å². The normalized spacial score (nSPS) is 10.7. The molecule has 0 atom stereocenters. The molecule has 1 aromatic carbocycles. The van der Waals surface area contributed by atoms with Gasteiger partial charge in [-0.3, -0.25) is 0 Å². The SMILES string of the molecule is Cc1cc(Nc2cc3c(cn2)cnn3-c2c(Cl)cc(C#N)cc2Cl)ncn1. The quantitative estimate of drug-likeness (QED) is 0.550. The van der Waals surface area contributed by atoms with Gasteiger partial charge in [0, 0.05) is 29.4 Å². The average molecular weight is 396 g/mol. The highest BCUT2D eigenvalue weighted by Gasteiger charge is 2.15. The molecule has 0 fully saturated rings. The lowest BCUT2D eigenvalue weighted by molar-refractivity contribution is 0.910. The first kappa shape index (κ1) is 17.2. The highest BCUT2D eigenvalue weighted by molar-refractivity contribution is 6.38. The number of pyridine rings is 1. The number of hydrogen-bond acceptors (Lipinski definition) is 6. The van der Waals surface area contributed by atoms with Gasteiger partial charge in [0.15, 0.2) is 0 Å². The standard InChI is InChI=1S/C18H11Cl2N7/c1-10-2-16(24-9-23-10)26-17-5-15-12(7-22-17)8-25-27(15)18-13(19)3-11(6-21)4-14(18)20/h2-5,7-9H,1H3,(H,22,23,24,26). The minimum absolute atomic E-state index is 0.335. The van der Waals surface area contributed by atoms with Crippen molar-refractivity contribution < 1.29 is 0 Å². The highest BCUT2D eigenvalue weighted by Crippen LogP contribution is 2.32. The van der Waals surface area contributed by atoms with E-state index in [0.29, 0.717) is 32.9 Å². The van der Waals surface area contributed by atoms with Crippen LogP contribution in [0.1, 0.15) is 11.3 Å². The summed E-state index contributed by atoms with van der Waals surface area (Å²) < 4.78 is 1.62. The summed E-state index contributed by atoms with van der Waals surface area (Å²) in [6.07, 6.45) is 4.85. The van der Waals surface area contributed by atoms with Gasteiger partial charge in [-0.05, 0) is 19.1 Å². The third-order valence-corrected chi connectivity index (χ3v) is 4.45. The Bertz CT molecular complexity index is 1190. The van der Waals surface area contributed by atoms with Crippen molar-refractivity contribution in [1.29, 1.82) is 5.26 Å². The smallest absolute Gasteiger partial charge is 0.135 e. The van der Waals surface area contributed by atoms with Crippen LogP contribution in [0.3, 0.4) is 0 Å². The summed E-state index contributed by atoms with van der Waals surface area (Å²) in [7, 11) is 0. The van der Waals surface area contributed by atoms with Crippen LogP contribution < -0.4 is 5.32 Å². The molecular formula is C18H11Cl2N7. The number of benzene rings is 1. The second-order valence-electron chi connectivity index (χ2n) is 5.75. The maximum Gasteiger partial charge on any atom is 0.135 e. The zero-order chi connectivity index (χ0) is 19.0. The number of nitrogens with zero attached hydrogens (tertiary/aromatic N) is 6. The van der Waals surface area contributed by atoms with Crippen molar-refractivity contribution in [2.24, 2.45) is 0 Å². The number of nitrogens with one attached hydrogen (secondary N) is 1. The first-order chi connectivity index (χ1) is 13.0. The van der Waals surface area contributed by atoms with E-state index < -0.39 is 0 Å². The van der Waals surface area contributed by atoms with Crippen molar-refractivity contribution in [3.05, 3.63) is 64.3 Å². The molecule has 27 heavy (non-hydrogen) atoms. The topological polar surface area (TPSA) is 92.3 Å². The van der Waals surface area contributed by atoms with Gasteiger partial charge in [-0.15, -0.1) is 0 Å². The number of nitriles is 1. The summed E-state index contributed by atoms with van der Waals surface area (Å²) in [5, 5.41) is 18.1. The molecule has 0 unspecified atom stereocenters. The van der Waals surface area contributed by atoms with Crippen LogP contribution in [0.25, 0.3) is 16.6 Å². The van der Waals surface area contributed by atoms with Gasteiger partial charge in [-0.1, -0.05) is 23.2 Å². The molecule has 0 aliphatic rings. The largest absolute Gasteiger partial charge is 0.325 e. The maximum absolute atomic E-state index is 9.06. The summed E-state index contributed by atoms with van der Waals surface area (Å²) in [5.74, 6) is 1.22. The molecule has 0 radical (unpaired) electrons. The predicted octanol–water partition coefficient (Wildman–Crippen LogP) is 4.44. The third-order valence-electron chi connectivity index (χ3n) is 3.87. The van der Waals surface area contributed by atoms with Gasteiger partial charge in [-0.25, -0.2) is 19.6 Å². The van der Waals surface area contributed by atoms with Crippen LogP contribution in [0.4, 0.5) is 11.6 Å². The van der Waals surface area contributed by atoms with Crippen molar-refractivity contribution in [1.82, 2.24) is 24.7 Å². The Hall–Kier alpha value is -3.21. The molecule has 0 spiro atoms. The predicted molar refractivity (Wildman–Crippen MR) is 104 cm³/mol. The van der Waals surface area contributed by atoms with E-state index in [1.807, 2.05) is 25.1 Å². The molecule has 0 saturated heterocycles. The van der Waals surface area contributed by atoms with Crippen molar-refractivity contribution in [2.45, 2.75) is 6.92 Å². The van der Waals surface area contributed by atoms with E-state index in [1.165, 1.54) is 6.33 Å². The molecule has 0 amide bonds. The van der Waals surface area contributed by atoms with E-state index >= 15 is 0 Å². The first-order valence-electron chi connectivity index (χ1n) is 7.84. The molecule has 0 aliphatic heterocycles.